The third-order valence-corrected chi connectivity index (χ3v) is 11.0. The summed E-state index contributed by atoms with van der Waals surface area (Å²) < 4.78 is 39.2. The number of ether oxygens (including phenoxy) is 3. The molecule has 3 atom stereocenters. The molecule has 0 heterocycles. The van der Waals surface area contributed by atoms with Crippen molar-refractivity contribution in [3.8, 4) is 0 Å². The highest BCUT2D eigenvalue weighted by molar-refractivity contribution is 7.47. The lowest BCUT2D eigenvalue weighted by Crippen LogP contribution is -2.30. The maximum atomic E-state index is 12.8. The second-order valence-electron chi connectivity index (χ2n) is 16.6. The molecule has 70 heavy (non-hydrogen) atoms. The lowest BCUT2D eigenvalue weighted by molar-refractivity contribution is -0.160. The van der Waals surface area contributed by atoms with Gasteiger partial charge in [-0.15, -0.1) is 0 Å². The number of hydrogen-bond acceptors (Lipinski definition) is 10. The highest BCUT2D eigenvalue weighted by Crippen LogP contribution is 2.43. The molecular formula is C58H91O11P. The van der Waals surface area contributed by atoms with Gasteiger partial charge < -0.3 is 24.2 Å². The van der Waals surface area contributed by atoms with E-state index in [0.29, 0.717) is 19.3 Å². The predicted octanol–water partition coefficient (Wildman–Crippen LogP) is 15.0. The predicted molar refractivity (Wildman–Crippen MR) is 288 cm³/mol. The minimum Gasteiger partial charge on any atom is -0.462 e. The van der Waals surface area contributed by atoms with Crippen LogP contribution in [-0.2, 0) is 42.2 Å². The van der Waals surface area contributed by atoms with Crippen molar-refractivity contribution in [3.63, 3.8) is 0 Å². The van der Waals surface area contributed by atoms with E-state index in [1.54, 1.807) is 6.08 Å². The Morgan fingerprint density at radius 2 is 0.800 bits per heavy atom. The molecule has 0 aromatic rings. The van der Waals surface area contributed by atoms with Crippen molar-refractivity contribution in [2.45, 2.75) is 187 Å². The van der Waals surface area contributed by atoms with E-state index in [4.69, 9.17) is 23.3 Å². The van der Waals surface area contributed by atoms with Crippen molar-refractivity contribution < 1.29 is 52.2 Å². The van der Waals surface area contributed by atoms with Crippen molar-refractivity contribution in [1.82, 2.24) is 0 Å². The van der Waals surface area contributed by atoms with Crippen molar-refractivity contribution >= 4 is 25.7 Å². The Balaban J connectivity index is 4.93. The lowest BCUT2D eigenvalue weighted by atomic mass is 10.1. The SMILES string of the molecule is CC/C=C\C/C=C\C/C=C\C/C=C\C/C=C\CC(=O)OC(COC(=O)CCCCCCC/C=C\C/C=C\CCC)COP(=O)(O)OCC(CO)OC(=O)CCCC/C=C\C/C=C\C/C=C\C/C=C\CC. The third kappa shape index (κ3) is 48.6. The average molecular weight is 995 g/mol. The molecule has 0 aliphatic heterocycles. The number of esters is 3. The largest absolute Gasteiger partial charge is 0.472 e. The van der Waals surface area contributed by atoms with Crippen LogP contribution in [0.5, 0.6) is 0 Å². The summed E-state index contributed by atoms with van der Waals surface area (Å²) in [7, 11) is -4.79. The Morgan fingerprint density at radius 3 is 1.29 bits per heavy atom. The summed E-state index contributed by atoms with van der Waals surface area (Å²) in [5.41, 5.74) is 0. The molecule has 0 amide bonds. The molecule has 0 saturated heterocycles. The van der Waals surface area contributed by atoms with Gasteiger partial charge in [0.25, 0.3) is 0 Å². The van der Waals surface area contributed by atoms with Gasteiger partial charge in [-0.1, -0.05) is 180 Å². The number of unbranched alkanes of at least 4 members (excludes halogenated alkanes) is 8. The van der Waals surface area contributed by atoms with Crippen molar-refractivity contribution in [2.24, 2.45) is 0 Å². The minimum atomic E-state index is -4.79. The number of carbonyl (C=O) groups excluding carboxylic acids is 3. The van der Waals surface area contributed by atoms with Gasteiger partial charge in [0, 0.05) is 12.8 Å². The minimum absolute atomic E-state index is 0.0783. The van der Waals surface area contributed by atoms with Crippen LogP contribution in [0.3, 0.4) is 0 Å². The fourth-order valence-corrected chi connectivity index (χ4v) is 6.95. The van der Waals surface area contributed by atoms with E-state index in [1.807, 2.05) is 18.2 Å². The third-order valence-electron chi connectivity index (χ3n) is 10.1. The van der Waals surface area contributed by atoms with Gasteiger partial charge >= 0.3 is 25.7 Å². The molecule has 0 saturated carbocycles. The maximum Gasteiger partial charge on any atom is 0.472 e. The molecule has 0 aliphatic carbocycles. The van der Waals surface area contributed by atoms with Gasteiger partial charge in [-0.05, 0) is 109 Å². The summed E-state index contributed by atoms with van der Waals surface area (Å²) in [4.78, 5) is 48.3. The number of hydrogen-bond donors (Lipinski definition) is 2. The van der Waals surface area contributed by atoms with Gasteiger partial charge in [-0.3, -0.25) is 23.4 Å². The summed E-state index contributed by atoms with van der Waals surface area (Å²) in [6.45, 7) is 4.13. The number of carbonyl (C=O) groups is 3. The monoisotopic (exact) mass is 995 g/mol. The molecule has 0 fully saturated rings. The Labute approximate surface area is 423 Å². The second-order valence-corrected chi connectivity index (χ2v) is 18.0. The van der Waals surface area contributed by atoms with E-state index >= 15 is 0 Å². The molecule has 394 valence electrons. The van der Waals surface area contributed by atoms with Gasteiger partial charge in [-0.25, -0.2) is 4.57 Å². The van der Waals surface area contributed by atoms with Gasteiger partial charge in [0.2, 0.25) is 0 Å². The molecule has 2 N–H and O–H groups in total. The number of rotatable bonds is 46. The first-order chi connectivity index (χ1) is 34.2. The first-order valence-electron chi connectivity index (χ1n) is 26.1. The fraction of sp³-hybridized carbons (Fsp3) is 0.569. The highest BCUT2D eigenvalue weighted by Gasteiger charge is 2.28. The van der Waals surface area contributed by atoms with Crippen LogP contribution in [0.2, 0.25) is 0 Å². The van der Waals surface area contributed by atoms with Crippen LogP contribution < -0.4 is 0 Å². The van der Waals surface area contributed by atoms with Crippen LogP contribution >= 0.6 is 7.82 Å². The molecule has 0 spiro atoms. The zero-order valence-corrected chi connectivity index (χ0v) is 44.1. The van der Waals surface area contributed by atoms with Crippen LogP contribution in [0.1, 0.15) is 175 Å². The van der Waals surface area contributed by atoms with E-state index in [-0.39, 0.29) is 19.3 Å². The first kappa shape index (κ1) is 65.6. The smallest absolute Gasteiger partial charge is 0.462 e. The van der Waals surface area contributed by atoms with Crippen LogP contribution in [0.4, 0.5) is 0 Å². The molecule has 0 aliphatic rings. The second kappa shape index (κ2) is 51.0. The normalized spacial score (nSPS) is 14.5. The summed E-state index contributed by atoms with van der Waals surface area (Å²) in [5, 5.41) is 9.78. The summed E-state index contributed by atoms with van der Waals surface area (Å²) in [5.74, 6) is -1.70. The molecule has 0 radical (unpaired) electrons. The van der Waals surface area contributed by atoms with Gasteiger partial charge in [0.15, 0.2) is 6.10 Å². The molecule has 11 nitrogen and oxygen atoms in total. The summed E-state index contributed by atoms with van der Waals surface area (Å²) in [6, 6.07) is 0. The number of aliphatic hydroxyl groups excluding tert-OH is 1. The Kier molecular flexibility index (Phi) is 47.8. The van der Waals surface area contributed by atoms with Crippen molar-refractivity contribution in [3.05, 3.63) is 134 Å². The average Bonchev–Trinajstić information content (AvgIpc) is 3.35. The van der Waals surface area contributed by atoms with Gasteiger partial charge in [0.1, 0.15) is 12.7 Å². The summed E-state index contributed by atoms with van der Waals surface area (Å²) >= 11 is 0. The Hall–Kier alpha value is -4.38. The molecule has 12 heteroatoms. The molecule has 0 rings (SSSR count). The first-order valence-corrected chi connectivity index (χ1v) is 27.6. The standard InChI is InChI=1S/C58H91O11P/c1-4-7-10-13-16-19-22-25-27-30-33-36-39-42-45-48-57(61)68-54(50-59)52-66-70(63,64)67-53-55(51-65-56(60)47-44-41-38-35-32-29-24-21-18-15-12-9-6-3)69-58(62)49-46-43-40-37-34-31-28-26-23-20-17-14-11-8-5-2/h7-8,10-12,15-17,19-21,24-28,33-34,36-37,43,46,54-55,59H,4-6,9,13-14,18,22-23,29-32,35,38-42,44-45,47-53H2,1-3H3,(H,63,64)/b10-7-,11-8-,15-12-,19-16-,20-17-,24-21-,27-25-,28-26-,36-33-,37-34-,46-43-. The Bertz CT molecular complexity index is 1680. The van der Waals surface area contributed by atoms with Crippen LogP contribution in [0.25, 0.3) is 0 Å². The van der Waals surface area contributed by atoms with Crippen LogP contribution in [-0.4, -0.2) is 66.5 Å². The number of phosphoric ester groups is 1. The summed E-state index contributed by atoms with van der Waals surface area (Å²) in [6.07, 6.45) is 63.1. The molecular weight excluding hydrogens is 904 g/mol. The topological polar surface area (TPSA) is 155 Å². The fourth-order valence-electron chi connectivity index (χ4n) is 6.16. The lowest BCUT2D eigenvalue weighted by Gasteiger charge is -2.21. The van der Waals surface area contributed by atoms with Crippen molar-refractivity contribution in [2.75, 3.05) is 26.4 Å². The molecule has 3 unspecified atom stereocenters. The van der Waals surface area contributed by atoms with E-state index < -0.39 is 64.4 Å². The Morgan fingerprint density at radius 1 is 0.429 bits per heavy atom. The zero-order valence-electron chi connectivity index (χ0n) is 43.2. The van der Waals surface area contributed by atoms with E-state index in [2.05, 4.69) is 130 Å². The maximum absolute atomic E-state index is 12.8. The number of allylic oxidation sites excluding steroid dienone is 21. The zero-order chi connectivity index (χ0) is 51.3. The quantitative estimate of drug-likeness (QED) is 0.0197. The number of aliphatic hydroxyl groups is 1. The van der Waals surface area contributed by atoms with Crippen LogP contribution in [0, 0.1) is 0 Å². The van der Waals surface area contributed by atoms with Gasteiger partial charge in [-0.2, -0.15) is 0 Å². The van der Waals surface area contributed by atoms with Gasteiger partial charge in [0.05, 0.1) is 26.2 Å². The van der Waals surface area contributed by atoms with E-state index in [9.17, 15) is 28.9 Å². The molecule has 0 aromatic carbocycles. The molecule has 0 bridgehead atoms. The van der Waals surface area contributed by atoms with Crippen molar-refractivity contribution in [1.29, 1.82) is 0 Å². The number of phosphoric acid groups is 1. The van der Waals surface area contributed by atoms with E-state index in [0.717, 1.165) is 116 Å². The molecule has 0 aromatic heterocycles. The highest BCUT2D eigenvalue weighted by atomic mass is 31.2. The van der Waals surface area contributed by atoms with E-state index in [1.165, 1.54) is 0 Å². The van der Waals surface area contributed by atoms with Crippen LogP contribution in [0.15, 0.2) is 134 Å².